The van der Waals surface area contributed by atoms with Crippen molar-refractivity contribution in [2.24, 2.45) is 0 Å². The van der Waals surface area contributed by atoms with Gasteiger partial charge in [-0.05, 0) is 24.6 Å². The quantitative estimate of drug-likeness (QED) is 0.679. The van der Waals surface area contributed by atoms with Crippen molar-refractivity contribution in [3.05, 3.63) is 28.8 Å². The topological polar surface area (TPSA) is 55.4 Å². The molecule has 18 heavy (non-hydrogen) atoms. The Morgan fingerprint density at radius 2 is 2.17 bits per heavy atom. The summed E-state index contributed by atoms with van der Waals surface area (Å²) >= 11 is 9.05. The van der Waals surface area contributed by atoms with Gasteiger partial charge in [-0.2, -0.15) is 0 Å². The van der Waals surface area contributed by atoms with Gasteiger partial charge in [0.15, 0.2) is 0 Å². The second kappa shape index (κ2) is 6.75. The molecular weight excluding hydrogens is 321 g/mol. The molecule has 1 unspecified atom stereocenters. The summed E-state index contributed by atoms with van der Waals surface area (Å²) in [7, 11) is 1.27. The highest BCUT2D eigenvalue weighted by molar-refractivity contribution is 9.10. The van der Waals surface area contributed by atoms with Crippen LogP contribution < -0.4 is 5.32 Å². The number of hydrogen-bond acceptors (Lipinski definition) is 3. The van der Waals surface area contributed by atoms with Crippen molar-refractivity contribution >= 4 is 45.1 Å². The minimum Gasteiger partial charge on any atom is -0.465 e. The van der Waals surface area contributed by atoms with Crippen LogP contribution in [0.25, 0.3) is 0 Å². The van der Waals surface area contributed by atoms with E-state index in [1.165, 1.54) is 13.2 Å². The lowest BCUT2D eigenvalue weighted by Gasteiger charge is -2.12. The number of rotatable bonds is 4. The first-order valence-electron chi connectivity index (χ1n) is 5.32. The average molecular weight is 335 g/mol. The van der Waals surface area contributed by atoms with Gasteiger partial charge in [-0.3, -0.25) is 4.79 Å². The second-order valence-corrected chi connectivity index (χ2v) is 5.09. The first kappa shape index (κ1) is 15.0. The number of benzene rings is 1. The second-order valence-electron chi connectivity index (χ2n) is 3.55. The molecule has 6 heteroatoms. The van der Waals surface area contributed by atoms with E-state index in [-0.39, 0.29) is 16.3 Å². The predicted molar refractivity (Wildman–Crippen MR) is 74.4 cm³/mol. The number of carbonyl (C=O) groups excluding carboxylic acids is 2. The van der Waals surface area contributed by atoms with E-state index in [2.05, 4.69) is 26.0 Å². The van der Waals surface area contributed by atoms with E-state index in [1.54, 1.807) is 12.1 Å². The van der Waals surface area contributed by atoms with Gasteiger partial charge in [0.05, 0.1) is 23.2 Å². The molecule has 0 aliphatic carbocycles. The molecule has 0 aliphatic heterocycles. The largest absolute Gasteiger partial charge is 0.465 e. The summed E-state index contributed by atoms with van der Waals surface area (Å²) in [5.74, 6) is -0.764. The Balaban J connectivity index is 3.01. The molecule has 4 nitrogen and oxygen atoms in total. The van der Waals surface area contributed by atoms with E-state index in [4.69, 9.17) is 11.6 Å². The van der Waals surface area contributed by atoms with E-state index < -0.39 is 5.97 Å². The van der Waals surface area contributed by atoms with Crippen molar-refractivity contribution in [2.75, 3.05) is 12.4 Å². The van der Waals surface area contributed by atoms with Gasteiger partial charge in [0.1, 0.15) is 0 Å². The number of carbonyl (C=O) groups is 2. The zero-order valence-electron chi connectivity index (χ0n) is 10.00. The number of amides is 1. The van der Waals surface area contributed by atoms with Gasteiger partial charge in [-0.15, -0.1) is 0 Å². The van der Waals surface area contributed by atoms with E-state index in [9.17, 15) is 9.59 Å². The molecule has 98 valence electrons. The Morgan fingerprint density at radius 3 is 2.72 bits per heavy atom. The summed E-state index contributed by atoms with van der Waals surface area (Å²) in [6.07, 6.45) is 0.646. The van der Waals surface area contributed by atoms with E-state index in [0.29, 0.717) is 17.1 Å². The molecule has 1 atom stereocenters. The van der Waals surface area contributed by atoms with Crippen molar-refractivity contribution in [1.29, 1.82) is 0 Å². The molecule has 1 aromatic rings. The van der Waals surface area contributed by atoms with Crippen molar-refractivity contribution in [3.63, 3.8) is 0 Å². The first-order valence-corrected chi connectivity index (χ1v) is 6.61. The van der Waals surface area contributed by atoms with Crippen LogP contribution in [0.2, 0.25) is 5.02 Å². The molecule has 0 aromatic heterocycles. The fourth-order valence-corrected chi connectivity index (χ4v) is 1.59. The van der Waals surface area contributed by atoms with Crippen molar-refractivity contribution < 1.29 is 14.3 Å². The fourth-order valence-electron chi connectivity index (χ4n) is 1.30. The van der Waals surface area contributed by atoms with Gasteiger partial charge >= 0.3 is 5.97 Å². The maximum absolute atomic E-state index is 11.7. The van der Waals surface area contributed by atoms with Crippen LogP contribution in [0, 0.1) is 0 Å². The van der Waals surface area contributed by atoms with Crippen LogP contribution in [-0.2, 0) is 9.53 Å². The lowest BCUT2D eigenvalue weighted by atomic mass is 10.1. The van der Waals surface area contributed by atoms with Gasteiger partial charge in [0.25, 0.3) is 0 Å². The molecule has 0 heterocycles. The predicted octanol–water partition coefficient (Wildman–Crippen LogP) is 3.24. The zero-order valence-corrected chi connectivity index (χ0v) is 12.3. The summed E-state index contributed by atoms with van der Waals surface area (Å²) in [5.41, 5.74) is 0.614. The van der Waals surface area contributed by atoms with Crippen LogP contribution >= 0.6 is 27.5 Å². The van der Waals surface area contributed by atoms with Crippen LogP contribution in [-0.4, -0.2) is 23.8 Å². The number of methoxy groups -OCH3 is 1. The van der Waals surface area contributed by atoms with Crippen molar-refractivity contribution in [3.8, 4) is 0 Å². The van der Waals surface area contributed by atoms with Crippen LogP contribution in [0.15, 0.2) is 18.2 Å². The summed E-state index contributed by atoms with van der Waals surface area (Å²) < 4.78 is 4.64. The van der Waals surface area contributed by atoms with E-state index >= 15 is 0 Å². The van der Waals surface area contributed by atoms with Gasteiger partial charge in [-0.25, -0.2) is 4.79 Å². The summed E-state index contributed by atoms with van der Waals surface area (Å²) in [4.78, 5) is 23.0. The molecule has 1 amide bonds. The normalized spacial score (nSPS) is 11.8. The minimum absolute atomic E-state index is 0.218. The number of ether oxygens (including phenoxy) is 1. The Kier molecular flexibility index (Phi) is 5.62. The number of anilines is 1. The molecule has 0 bridgehead atoms. The number of alkyl halides is 1. The molecule has 0 aliphatic rings. The number of nitrogens with one attached hydrogen (secondary N) is 1. The van der Waals surface area contributed by atoms with Gasteiger partial charge < -0.3 is 10.1 Å². The first-order chi connectivity index (χ1) is 8.49. The third kappa shape index (κ3) is 3.71. The van der Waals surface area contributed by atoms with Crippen LogP contribution in [0.1, 0.15) is 23.7 Å². The molecule has 0 saturated heterocycles. The highest BCUT2D eigenvalue weighted by Gasteiger charge is 2.17. The van der Waals surface area contributed by atoms with Gasteiger partial charge in [0.2, 0.25) is 5.91 Å². The number of halogens is 2. The van der Waals surface area contributed by atoms with Gasteiger partial charge in [0, 0.05) is 5.02 Å². The molecule has 0 spiro atoms. The SMILES string of the molecule is CCC(Br)C(=O)Nc1ccc(Cl)cc1C(=O)OC. The maximum Gasteiger partial charge on any atom is 0.340 e. The number of esters is 1. The smallest absolute Gasteiger partial charge is 0.340 e. The monoisotopic (exact) mass is 333 g/mol. The fraction of sp³-hybridized carbons (Fsp3) is 0.333. The van der Waals surface area contributed by atoms with Crippen LogP contribution in [0.5, 0.6) is 0 Å². The Labute approximate surface area is 119 Å². The minimum atomic E-state index is -0.546. The average Bonchev–Trinajstić information content (AvgIpc) is 2.38. The third-order valence-electron chi connectivity index (χ3n) is 2.29. The highest BCUT2D eigenvalue weighted by atomic mass is 79.9. The molecule has 1 aromatic carbocycles. The maximum atomic E-state index is 11.7. The van der Waals surface area contributed by atoms with Crippen molar-refractivity contribution in [1.82, 2.24) is 0 Å². The summed E-state index contributed by atoms with van der Waals surface area (Å²) in [5, 5.41) is 3.06. The Bertz CT molecular complexity index is 465. The lowest BCUT2D eigenvalue weighted by molar-refractivity contribution is -0.115. The van der Waals surface area contributed by atoms with E-state index in [1.807, 2.05) is 6.92 Å². The molecule has 0 fully saturated rings. The lowest BCUT2D eigenvalue weighted by Crippen LogP contribution is -2.23. The van der Waals surface area contributed by atoms with Gasteiger partial charge in [-0.1, -0.05) is 34.5 Å². The summed E-state index contributed by atoms with van der Waals surface area (Å²) in [6.45, 7) is 1.88. The summed E-state index contributed by atoms with van der Waals surface area (Å²) in [6, 6.07) is 4.62. The van der Waals surface area contributed by atoms with Crippen LogP contribution in [0.4, 0.5) is 5.69 Å². The highest BCUT2D eigenvalue weighted by Crippen LogP contribution is 2.22. The standard InChI is InChI=1S/C12H13BrClNO3/c1-3-9(13)11(16)15-10-5-4-7(14)6-8(10)12(17)18-2/h4-6,9H,3H2,1-2H3,(H,15,16). The van der Waals surface area contributed by atoms with Crippen molar-refractivity contribution in [2.45, 2.75) is 18.2 Å². The Hall–Kier alpha value is -1.07. The molecular formula is C12H13BrClNO3. The third-order valence-corrected chi connectivity index (χ3v) is 3.59. The number of hydrogen-bond donors (Lipinski definition) is 1. The van der Waals surface area contributed by atoms with Crippen LogP contribution in [0.3, 0.4) is 0 Å². The molecule has 1 rings (SSSR count). The van der Waals surface area contributed by atoms with E-state index in [0.717, 1.165) is 0 Å². The Morgan fingerprint density at radius 1 is 1.50 bits per heavy atom. The molecule has 0 radical (unpaired) electrons. The molecule has 0 saturated carbocycles. The zero-order chi connectivity index (χ0) is 13.7. The molecule has 1 N–H and O–H groups in total.